The largest absolute Gasteiger partial charge is 0.494 e. The number of aliphatic hydroxyl groups excluding tert-OH is 1. The molecule has 1 fully saturated rings. The van der Waals surface area contributed by atoms with E-state index in [4.69, 9.17) is 4.74 Å². The van der Waals surface area contributed by atoms with Gasteiger partial charge in [0.1, 0.15) is 0 Å². The Hall–Kier alpha value is -1.92. The highest BCUT2D eigenvalue weighted by Crippen LogP contribution is 2.44. The predicted molar refractivity (Wildman–Crippen MR) is 100 cm³/mol. The number of hydrogen-bond acceptors (Lipinski definition) is 4. The zero-order chi connectivity index (χ0) is 18.7. The lowest BCUT2D eigenvalue weighted by atomic mass is 9.84. The van der Waals surface area contributed by atoms with E-state index >= 15 is 0 Å². The second-order valence-corrected chi connectivity index (χ2v) is 8.01. The minimum Gasteiger partial charge on any atom is -0.494 e. The molecule has 26 heavy (non-hydrogen) atoms. The smallest absolute Gasteiger partial charge is 0.251 e. The molecule has 140 valence electrons. The van der Waals surface area contributed by atoms with Crippen molar-refractivity contribution in [2.75, 3.05) is 13.7 Å². The Morgan fingerprint density at radius 1 is 1.35 bits per heavy atom. The van der Waals surface area contributed by atoms with E-state index in [9.17, 15) is 14.3 Å². The quantitative estimate of drug-likeness (QED) is 0.794. The number of benzene rings is 1. The summed E-state index contributed by atoms with van der Waals surface area (Å²) in [7, 11) is 1.39. The standard InChI is InChI=1S/C20H24FNO3S/c1-13(23)17-7-8-18(26-17)20(9-3-4-10-20)12-22-19(24)14-5-6-16(25-2)15(21)11-14/h5-8,11,13,23H,3-4,9-10,12H2,1-2H3,(H,22,24). The molecule has 1 saturated carbocycles. The van der Waals surface area contributed by atoms with Crippen LogP contribution in [-0.2, 0) is 5.41 Å². The fraction of sp³-hybridized carbons (Fsp3) is 0.450. The van der Waals surface area contributed by atoms with Gasteiger partial charge in [-0.25, -0.2) is 4.39 Å². The number of nitrogens with one attached hydrogen (secondary N) is 1. The lowest BCUT2D eigenvalue weighted by molar-refractivity contribution is 0.0943. The Labute approximate surface area is 157 Å². The number of halogens is 1. The third-order valence-electron chi connectivity index (χ3n) is 5.12. The molecule has 0 spiro atoms. The van der Waals surface area contributed by atoms with Crippen LogP contribution in [0.25, 0.3) is 0 Å². The number of ether oxygens (including phenoxy) is 1. The number of thiophene rings is 1. The molecule has 1 heterocycles. The second-order valence-electron chi connectivity index (χ2n) is 6.90. The molecule has 1 atom stereocenters. The minimum atomic E-state index is -0.546. The zero-order valence-electron chi connectivity index (χ0n) is 15.0. The summed E-state index contributed by atoms with van der Waals surface area (Å²) < 4.78 is 18.7. The summed E-state index contributed by atoms with van der Waals surface area (Å²) in [6.45, 7) is 2.27. The van der Waals surface area contributed by atoms with Crippen molar-refractivity contribution in [3.8, 4) is 5.75 Å². The Bertz CT molecular complexity index is 781. The highest BCUT2D eigenvalue weighted by molar-refractivity contribution is 7.12. The van der Waals surface area contributed by atoms with Crippen LogP contribution in [0.2, 0.25) is 0 Å². The predicted octanol–water partition coefficient (Wildman–Crippen LogP) is 4.19. The van der Waals surface area contributed by atoms with Gasteiger partial charge < -0.3 is 15.2 Å². The van der Waals surface area contributed by atoms with Gasteiger partial charge in [0.05, 0.1) is 13.2 Å². The van der Waals surface area contributed by atoms with Crippen LogP contribution >= 0.6 is 11.3 Å². The molecule has 1 amide bonds. The molecule has 0 radical (unpaired) electrons. The van der Waals surface area contributed by atoms with Gasteiger partial charge in [-0.05, 0) is 50.1 Å². The zero-order valence-corrected chi connectivity index (χ0v) is 15.9. The van der Waals surface area contributed by atoms with Crippen LogP contribution in [0.5, 0.6) is 5.75 Å². The third kappa shape index (κ3) is 3.76. The molecule has 0 bridgehead atoms. The Balaban J connectivity index is 1.74. The van der Waals surface area contributed by atoms with Crippen LogP contribution in [0.3, 0.4) is 0 Å². The highest BCUT2D eigenvalue weighted by Gasteiger charge is 2.37. The van der Waals surface area contributed by atoms with E-state index in [1.165, 1.54) is 24.1 Å². The Morgan fingerprint density at radius 3 is 2.65 bits per heavy atom. The molecule has 1 aromatic carbocycles. The molecule has 2 aromatic rings. The first kappa shape index (κ1) is 18.9. The van der Waals surface area contributed by atoms with E-state index in [0.29, 0.717) is 6.54 Å². The van der Waals surface area contributed by atoms with E-state index < -0.39 is 11.9 Å². The van der Waals surface area contributed by atoms with Crippen molar-refractivity contribution < 1.29 is 19.0 Å². The van der Waals surface area contributed by atoms with Crippen molar-refractivity contribution in [2.24, 2.45) is 0 Å². The molecule has 1 aliphatic carbocycles. The number of aliphatic hydroxyl groups is 1. The third-order valence-corrected chi connectivity index (χ3v) is 6.63. The first-order chi connectivity index (χ1) is 12.4. The molecule has 0 saturated heterocycles. The molecule has 1 unspecified atom stereocenters. The average molecular weight is 377 g/mol. The van der Waals surface area contributed by atoms with E-state index in [-0.39, 0.29) is 22.6 Å². The molecule has 3 rings (SSSR count). The maximum Gasteiger partial charge on any atom is 0.251 e. The van der Waals surface area contributed by atoms with Gasteiger partial charge in [0.25, 0.3) is 5.91 Å². The van der Waals surface area contributed by atoms with Crippen LogP contribution in [0, 0.1) is 5.82 Å². The van der Waals surface area contributed by atoms with E-state index in [1.54, 1.807) is 24.3 Å². The summed E-state index contributed by atoms with van der Waals surface area (Å²) in [6, 6.07) is 8.26. The van der Waals surface area contributed by atoms with Crippen molar-refractivity contribution in [3.05, 3.63) is 51.5 Å². The average Bonchev–Trinajstić information content (AvgIpc) is 3.29. The summed E-state index contributed by atoms with van der Waals surface area (Å²) >= 11 is 1.61. The summed E-state index contributed by atoms with van der Waals surface area (Å²) in [6.07, 6.45) is 3.77. The lowest BCUT2D eigenvalue weighted by Gasteiger charge is -2.28. The summed E-state index contributed by atoms with van der Waals surface area (Å²) in [4.78, 5) is 14.6. The first-order valence-electron chi connectivity index (χ1n) is 8.85. The van der Waals surface area contributed by atoms with Gasteiger partial charge in [0.2, 0.25) is 0 Å². The van der Waals surface area contributed by atoms with Gasteiger partial charge in [0, 0.05) is 27.3 Å². The fourth-order valence-electron chi connectivity index (χ4n) is 3.58. The Kier molecular flexibility index (Phi) is 5.63. The summed E-state index contributed by atoms with van der Waals surface area (Å²) in [5.74, 6) is -0.709. The highest BCUT2D eigenvalue weighted by atomic mass is 32.1. The molecule has 6 heteroatoms. The number of amides is 1. The first-order valence-corrected chi connectivity index (χ1v) is 9.67. The number of carbonyl (C=O) groups is 1. The molecule has 1 aliphatic rings. The van der Waals surface area contributed by atoms with Crippen LogP contribution < -0.4 is 10.1 Å². The Morgan fingerprint density at radius 2 is 2.08 bits per heavy atom. The number of carbonyl (C=O) groups excluding carboxylic acids is 1. The molecule has 2 N–H and O–H groups in total. The van der Waals surface area contributed by atoms with Gasteiger partial charge in [-0.1, -0.05) is 12.8 Å². The van der Waals surface area contributed by atoms with Gasteiger partial charge in [-0.15, -0.1) is 11.3 Å². The molecule has 0 aliphatic heterocycles. The monoisotopic (exact) mass is 377 g/mol. The van der Waals surface area contributed by atoms with Crippen molar-refractivity contribution in [1.29, 1.82) is 0 Å². The summed E-state index contributed by atoms with van der Waals surface area (Å²) in [5.41, 5.74) is 0.186. The summed E-state index contributed by atoms with van der Waals surface area (Å²) in [5, 5.41) is 12.8. The SMILES string of the molecule is COc1ccc(C(=O)NCC2(c3ccc(C(C)O)s3)CCCC2)cc1F. The lowest BCUT2D eigenvalue weighted by Crippen LogP contribution is -2.38. The maximum absolute atomic E-state index is 13.8. The topological polar surface area (TPSA) is 58.6 Å². The van der Waals surface area contributed by atoms with Gasteiger partial charge in [-0.2, -0.15) is 0 Å². The number of rotatable bonds is 6. The van der Waals surface area contributed by atoms with E-state index in [0.717, 1.165) is 30.6 Å². The minimum absolute atomic E-state index is 0.0987. The van der Waals surface area contributed by atoms with Gasteiger partial charge in [0.15, 0.2) is 11.6 Å². The second kappa shape index (κ2) is 7.76. The van der Waals surface area contributed by atoms with Crippen molar-refractivity contribution >= 4 is 17.2 Å². The normalized spacial score (nSPS) is 17.1. The van der Waals surface area contributed by atoms with Crippen molar-refractivity contribution in [1.82, 2.24) is 5.32 Å². The molecular weight excluding hydrogens is 353 g/mol. The molecular formula is C20H24FNO3S. The number of methoxy groups -OCH3 is 1. The van der Waals surface area contributed by atoms with Gasteiger partial charge >= 0.3 is 0 Å². The van der Waals surface area contributed by atoms with Gasteiger partial charge in [-0.3, -0.25) is 4.79 Å². The van der Waals surface area contributed by atoms with E-state index in [1.807, 2.05) is 6.07 Å². The van der Waals surface area contributed by atoms with E-state index in [2.05, 4.69) is 11.4 Å². The van der Waals surface area contributed by atoms with Crippen molar-refractivity contribution in [2.45, 2.75) is 44.1 Å². The molecule has 1 aromatic heterocycles. The van der Waals surface area contributed by atoms with Crippen molar-refractivity contribution in [3.63, 3.8) is 0 Å². The van der Waals surface area contributed by atoms with Crippen LogP contribution in [0.15, 0.2) is 30.3 Å². The fourth-order valence-corrected chi connectivity index (χ4v) is 4.77. The molecule has 4 nitrogen and oxygen atoms in total. The van der Waals surface area contributed by atoms with Crippen LogP contribution in [-0.4, -0.2) is 24.7 Å². The van der Waals surface area contributed by atoms with Crippen LogP contribution in [0.4, 0.5) is 4.39 Å². The van der Waals surface area contributed by atoms with Crippen LogP contribution in [0.1, 0.15) is 58.8 Å². The maximum atomic E-state index is 13.8. The number of hydrogen-bond donors (Lipinski definition) is 2.